The summed E-state index contributed by atoms with van der Waals surface area (Å²) in [6, 6.07) is 5.39. The molecular weight excluding hydrogens is 279 g/mol. The molecule has 0 aliphatic heterocycles. The van der Waals surface area contributed by atoms with Crippen LogP contribution in [0.1, 0.15) is 31.9 Å². The van der Waals surface area contributed by atoms with Gasteiger partial charge < -0.3 is 5.32 Å². The highest BCUT2D eigenvalue weighted by molar-refractivity contribution is 8.01. The maximum atomic E-state index is 14.1. The van der Waals surface area contributed by atoms with Crippen molar-refractivity contribution in [1.29, 1.82) is 0 Å². The third kappa shape index (κ3) is 3.78. The number of rotatable bonds is 6. The van der Waals surface area contributed by atoms with Gasteiger partial charge in [-0.25, -0.2) is 9.37 Å². The molecule has 0 fully saturated rings. The van der Waals surface area contributed by atoms with Crippen molar-refractivity contribution in [3.63, 3.8) is 0 Å². The van der Waals surface area contributed by atoms with E-state index in [1.807, 2.05) is 11.4 Å². The molecule has 0 aliphatic rings. The number of thiazole rings is 1. The van der Waals surface area contributed by atoms with Gasteiger partial charge in [-0.2, -0.15) is 0 Å². The van der Waals surface area contributed by atoms with Gasteiger partial charge in [-0.05, 0) is 31.5 Å². The van der Waals surface area contributed by atoms with Crippen LogP contribution in [-0.2, 0) is 0 Å². The minimum absolute atomic E-state index is 0.137. The Bertz CT molecular complexity index is 514. The highest BCUT2D eigenvalue weighted by Crippen LogP contribution is 2.36. The Morgan fingerprint density at radius 2 is 2.32 bits per heavy atom. The Balaban J connectivity index is 2.25. The summed E-state index contributed by atoms with van der Waals surface area (Å²) in [4.78, 5) is 4.88. The third-order valence-electron chi connectivity index (χ3n) is 2.76. The summed E-state index contributed by atoms with van der Waals surface area (Å²) in [6.45, 7) is 5.12. The number of nitrogens with zero attached hydrogens (tertiary/aromatic N) is 1. The molecule has 5 heteroatoms. The lowest BCUT2D eigenvalue weighted by atomic mass is 10.1. The van der Waals surface area contributed by atoms with Crippen molar-refractivity contribution in [3.05, 3.63) is 41.2 Å². The SMILES string of the molecule is CCCNC(C)c1cccc(F)c1Sc1nccs1. The second kappa shape index (κ2) is 7.03. The standard InChI is InChI=1S/C14H17FN2S2/c1-3-7-16-10(2)11-5-4-6-12(15)13(11)19-14-17-8-9-18-14/h4-6,8-10,16H,3,7H2,1-2H3. The molecule has 0 aliphatic carbocycles. The fourth-order valence-corrected chi connectivity index (χ4v) is 3.58. The highest BCUT2D eigenvalue weighted by Gasteiger charge is 2.15. The number of nitrogens with one attached hydrogen (secondary N) is 1. The topological polar surface area (TPSA) is 24.9 Å². The van der Waals surface area contributed by atoms with E-state index in [0.717, 1.165) is 22.9 Å². The summed E-state index contributed by atoms with van der Waals surface area (Å²) in [5.41, 5.74) is 0.994. The summed E-state index contributed by atoms with van der Waals surface area (Å²) in [6.07, 6.45) is 2.81. The van der Waals surface area contributed by atoms with Gasteiger partial charge in [0.2, 0.25) is 0 Å². The van der Waals surface area contributed by atoms with Crippen LogP contribution in [0.3, 0.4) is 0 Å². The molecule has 0 radical (unpaired) electrons. The molecule has 0 amide bonds. The highest BCUT2D eigenvalue weighted by atomic mass is 32.2. The summed E-state index contributed by atoms with van der Waals surface area (Å²) >= 11 is 2.93. The van der Waals surface area contributed by atoms with Crippen LogP contribution in [0, 0.1) is 5.82 Å². The molecule has 102 valence electrons. The van der Waals surface area contributed by atoms with E-state index in [-0.39, 0.29) is 11.9 Å². The van der Waals surface area contributed by atoms with E-state index in [1.165, 1.54) is 29.2 Å². The average molecular weight is 296 g/mol. The van der Waals surface area contributed by atoms with Crippen LogP contribution in [0.4, 0.5) is 4.39 Å². The molecule has 1 aromatic heterocycles. The normalized spacial score (nSPS) is 12.6. The van der Waals surface area contributed by atoms with E-state index in [1.54, 1.807) is 12.3 Å². The minimum Gasteiger partial charge on any atom is -0.310 e. The lowest BCUT2D eigenvalue weighted by molar-refractivity contribution is 0.543. The van der Waals surface area contributed by atoms with Crippen molar-refractivity contribution in [3.8, 4) is 0 Å². The lowest BCUT2D eigenvalue weighted by Gasteiger charge is -2.17. The predicted molar refractivity (Wildman–Crippen MR) is 79.3 cm³/mol. The molecular formula is C14H17FN2S2. The molecule has 0 saturated heterocycles. The fraction of sp³-hybridized carbons (Fsp3) is 0.357. The van der Waals surface area contributed by atoms with Gasteiger partial charge in [0, 0.05) is 17.6 Å². The molecule has 0 bridgehead atoms. The van der Waals surface area contributed by atoms with Crippen molar-refractivity contribution in [2.45, 2.75) is 35.5 Å². The minimum atomic E-state index is -0.178. The molecule has 19 heavy (non-hydrogen) atoms. The molecule has 2 rings (SSSR count). The van der Waals surface area contributed by atoms with E-state index in [2.05, 4.69) is 24.1 Å². The Morgan fingerprint density at radius 3 is 3.00 bits per heavy atom. The molecule has 1 N–H and O–H groups in total. The van der Waals surface area contributed by atoms with Crippen LogP contribution in [0.15, 0.2) is 39.0 Å². The van der Waals surface area contributed by atoms with Crippen LogP contribution in [0.25, 0.3) is 0 Å². The van der Waals surface area contributed by atoms with Gasteiger partial charge in [-0.3, -0.25) is 0 Å². The first kappa shape index (κ1) is 14.5. The zero-order valence-corrected chi connectivity index (χ0v) is 12.7. The van der Waals surface area contributed by atoms with E-state index in [9.17, 15) is 4.39 Å². The first-order chi connectivity index (χ1) is 9.22. The van der Waals surface area contributed by atoms with Crippen molar-refractivity contribution in [2.24, 2.45) is 0 Å². The van der Waals surface area contributed by atoms with E-state index in [0.29, 0.717) is 4.90 Å². The summed E-state index contributed by atoms with van der Waals surface area (Å²) in [5.74, 6) is -0.178. The van der Waals surface area contributed by atoms with Crippen molar-refractivity contribution in [1.82, 2.24) is 10.3 Å². The molecule has 1 heterocycles. The zero-order valence-electron chi connectivity index (χ0n) is 11.0. The van der Waals surface area contributed by atoms with Gasteiger partial charge in [-0.15, -0.1) is 11.3 Å². The average Bonchev–Trinajstić information content (AvgIpc) is 2.91. The Morgan fingerprint density at radius 1 is 1.47 bits per heavy atom. The van der Waals surface area contributed by atoms with Crippen LogP contribution >= 0.6 is 23.1 Å². The van der Waals surface area contributed by atoms with E-state index >= 15 is 0 Å². The molecule has 1 unspecified atom stereocenters. The first-order valence-corrected chi connectivity index (χ1v) is 8.01. The predicted octanol–water partition coefficient (Wildman–Crippen LogP) is 4.49. The fourth-order valence-electron chi connectivity index (χ4n) is 1.79. The van der Waals surface area contributed by atoms with Gasteiger partial charge in [-0.1, -0.05) is 30.8 Å². The first-order valence-electron chi connectivity index (χ1n) is 6.31. The van der Waals surface area contributed by atoms with E-state index < -0.39 is 0 Å². The summed E-state index contributed by atoms with van der Waals surface area (Å²) in [7, 11) is 0. The quantitative estimate of drug-likeness (QED) is 0.850. The molecule has 2 nitrogen and oxygen atoms in total. The van der Waals surface area contributed by atoms with Crippen LogP contribution in [0.2, 0.25) is 0 Å². The van der Waals surface area contributed by atoms with Crippen molar-refractivity contribution in [2.75, 3.05) is 6.54 Å². The van der Waals surface area contributed by atoms with Gasteiger partial charge in [0.15, 0.2) is 4.34 Å². The number of hydrogen-bond acceptors (Lipinski definition) is 4. The smallest absolute Gasteiger partial charge is 0.154 e. The maximum absolute atomic E-state index is 14.1. The van der Waals surface area contributed by atoms with Crippen molar-refractivity contribution < 1.29 is 4.39 Å². The molecule has 0 saturated carbocycles. The zero-order chi connectivity index (χ0) is 13.7. The lowest BCUT2D eigenvalue weighted by Crippen LogP contribution is -2.20. The van der Waals surface area contributed by atoms with Gasteiger partial charge in [0.25, 0.3) is 0 Å². The van der Waals surface area contributed by atoms with Crippen LogP contribution < -0.4 is 5.32 Å². The maximum Gasteiger partial charge on any atom is 0.154 e. The Kier molecular flexibility index (Phi) is 5.36. The largest absolute Gasteiger partial charge is 0.310 e. The van der Waals surface area contributed by atoms with Crippen LogP contribution in [-0.4, -0.2) is 11.5 Å². The number of halogens is 1. The number of hydrogen-bond donors (Lipinski definition) is 1. The molecule has 1 aromatic carbocycles. The van der Waals surface area contributed by atoms with Crippen LogP contribution in [0.5, 0.6) is 0 Å². The van der Waals surface area contributed by atoms with Crippen molar-refractivity contribution >= 4 is 23.1 Å². The molecule has 2 aromatic rings. The Labute approximate surface area is 121 Å². The second-order valence-electron chi connectivity index (χ2n) is 4.23. The second-order valence-corrected chi connectivity index (χ2v) is 6.39. The number of aromatic nitrogens is 1. The molecule has 0 spiro atoms. The summed E-state index contributed by atoms with van der Waals surface area (Å²) < 4.78 is 14.9. The Hall–Kier alpha value is -0.910. The number of benzene rings is 1. The van der Waals surface area contributed by atoms with Gasteiger partial charge in [0.1, 0.15) is 5.82 Å². The van der Waals surface area contributed by atoms with Gasteiger partial charge >= 0.3 is 0 Å². The summed E-state index contributed by atoms with van der Waals surface area (Å²) in [5, 5.41) is 5.30. The van der Waals surface area contributed by atoms with Gasteiger partial charge in [0.05, 0.1) is 4.90 Å². The monoisotopic (exact) mass is 296 g/mol. The molecule has 1 atom stereocenters. The third-order valence-corrected chi connectivity index (χ3v) is 4.78. The van der Waals surface area contributed by atoms with E-state index in [4.69, 9.17) is 0 Å².